The molecule has 1 aliphatic rings. The maximum Gasteiger partial charge on any atom is 0.185 e. The first-order chi connectivity index (χ1) is 12.2. The highest BCUT2D eigenvalue weighted by atomic mass is 32.2. The van der Waals surface area contributed by atoms with Crippen LogP contribution in [0.25, 0.3) is 6.08 Å². The van der Waals surface area contributed by atoms with Gasteiger partial charge in [0.15, 0.2) is 5.78 Å². The second-order valence-corrected chi connectivity index (χ2v) is 6.77. The highest BCUT2D eigenvalue weighted by molar-refractivity contribution is 7.99. The molecule has 0 saturated carbocycles. The van der Waals surface area contributed by atoms with E-state index >= 15 is 0 Å². The Hall–Kier alpha value is -2.85. The van der Waals surface area contributed by atoms with Crippen LogP contribution in [-0.2, 0) is 0 Å². The Balaban J connectivity index is 1.56. The first kappa shape index (κ1) is 15.7. The molecule has 0 unspecified atom stereocenters. The zero-order chi connectivity index (χ0) is 17.2. The first-order valence-electron chi connectivity index (χ1n) is 7.85. The van der Waals surface area contributed by atoms with E-state index in [9.17, 15) is 9.18 Å². The van der Waals surface area contributed by atoms with E-state index in [1.54, 1.807) is 30.0 Å². The summed E-state index contributed by atoms with van der Waals surface area (Å²) in [6.45, 7) is 0. The molecular weight excluding hydrogens is 333 g/mol. The van der Waals surface area contributed by atoms with Crippen molar-refractivity contribution in [1.29, 1.82) is 0 Å². The fraction of sp³-hybridized carbons (Fsp3) is 0. The molecule has 4 rings (SSSR count). The maximum absolute atomic E-state index is 12.9. The van der Waals surface area contributed by atoms with Gasteiger partial charge in [0.1, 0.15) is 5.82 Å². The second kappa shape index (κ2) is 6.57. The van der Waals surface area contributed by atoms with Gasteiger partial charge in [0.05, 0.1) is 11.4 Å². The van der Waals surface area contributed by atoms with E-state index in [0.717, 1.165) is 21.8 Å². The van der Waals surface area contributed by atoms with Crippen molar-refractivity contribution in [2.24, 2.45) is 0 Å². The Kier molecular flexibility index (Phi) is 4.12. The van der Waals surface area contributed by atoms with Crippen LogP contribution in [0.3, 0.4) is 0 Å². The van der Waals surface area contributed by atoms with E-state index in [1.165, 1.54) is 23.1 Å². The van der Waals surface area contributed by atoms with Crippen LogP contribution in [-0.4, -0.2) is 5.78 Å². The average Bonchev–Trinajstić information content (AvgIpc) is 2.65. The number of ketones is 1. The van der Waals surface area contributed by atoms with Gasteiger partial charge in [-0.1, -0.05) is 42.1 Å². The maximum atomic E-state index is 12.9. The fourth-order valence-electron chi connectivity index (χ4n) is 2.63. The van der Waals surface area contributed by atoms with Crippen molar-refractivity contribution >= 4 is 35.0 Å². The van der Waals surface area contributed by atoms with E-state index in [4.69, 9.17) is 0 Å². The van der Waals surface area contributed by atoms with Gasteiger partial charge in [0, 0.05) is 15.4 Å². The van der Waals surface area contributed by atoms with Crippen LogP contribution in [0, 0.1) is 5.82 Å². The zero-order valence-electron chi connectivity index (χ0n) is 13.2. The van der Waals surface area contributed by atoms with Crippen molar-refractivity contribution in [2.45, 2.75) is 9.79 Å². The van der Waals surface area contributed by atoms with Crippen molar-refractivity contribution in [1.82, 2.24) is 0 Å². The fourth-order valence-corrected chi connectivity index (χ4v) is 3.60. The van der Waals surface area contributed by atoms with Crippen molar-refractivity contribution in [3.05, 3.63) is 89.8 Å². The minimum absolute atomic E-state index is 0.0854. The summed E-state index contributed by atoms with van der Waals surface area (Å²) in [6.07, 6.45) is 3.21. The second-order valence-electron chi connectivity index (χ2n) is 5.68. The summed E-state index contributed by atoms with van der Waals surface area (Å²) in [5.74, 6) is -0.375. The molecule has 0 atom stereocenters. The van der Waals surface area contributed by atoms with Crippen LogP contribution in [0.5, 0.6) is 0 Å². The first-order valence-corrected chi connectivity index (χ1v) is 8.67. The molecule has 0 bridgehead atoms. The minimum atomic E-state index is -0.290. The van der Waals surface area contributed by atoms with Gasteiger partial charge in [0.2, 0.25) is 0 Å². The minimum Gasteiger partial charge on any atom is -0.354 e. The molecule has 0 spiro atoms. The summed E-state index contributed by atoms with van der Waals surface area (Å²) in [5.41, 5.74) is 3.39. The molecule has 0 saturated heterocycles. The lowest BCUT2D eigenvalue weighted by Gasteiger charge is -2.20. The topological polar surface area (TPSA) is 29.1 Å². The Labute approximate surface area is 149 Å². The van der Waals surface area contributed by atoms with E-state index in [0.29, 0.717) is 5.56 Å². The smallest absolute Gasteiger partial charge is 0.185 e. The summed E-state index contributed by atoms with van der Waals surface area (Å²) in [7, 11) is 0. The van der Waals surface area contributed by atoms with Crippen molar-refractivity contribution < 1.29 is 9.18 Å². The standard InChI is InChI=1S/C21H14FNOS/c22-16-9-5-14(6-10-16)7-11-19(24)15-8-12-21-18(13-15)23-17-3-1-2-4-20(17)25-21/h1-13,23H/b11-7+. The number of anilines is 2. The van der Waals surface area contributed by atoms with E-state index in [2.05, 4.69) is 11.4 Å². The van der Waals surface area contributed by atoms with Crippen LogP contribution in [0.15, 0.2) is 82.6 Å². The van der Waals surface area contributed by atoms with E-state index < -0.39 is 0 Å². The van der Waals surface area contributed by atoms with Gasteiger partial charge >= 0.3 is 0 Å². The molecule has 0 fully saturated rings. The summed E-state index contributed by atoms with van der Waals surface area (Å²) >= 11 is 1.69. The number of benzene rings is 3. The van der Waals surface area contributed by atoms with Gasteiger partial charge in [-0.2, -0.15) is 0 Å². The molecule has 0 aromatic heterocycles. The van der Waals surface area contributed by atoms with Gasteiger partial charge in [-0.3, -0.25) is 4.79 Å². The number of para-hydroxylation sites is 1. The van der Waals surface area contributed by atoms with Crippen molar-refractivity contribution in [2.75, 3.05) is 5.32 Å². The molecule has 2 nitrogen and oxygen atoms in total. The molecule has 0 amide bonds. The number of hydrogen-bond donors (Lipinski definition) is 1. The zero-order valence-corrected chi connectivity index (χ0v) is 14.0. The molecule has 1 N–H and O–H groups in total. The van der Waals surface area contributed by atoms with Crippen LogP contribution in [0.4, 0.5) is 15.8 Å². The number of rotatable bonds is 3. The molecule has 1 aliphatic heterocycles. The predicted molar refractivity (Wildman–Crippen MR) is 100 cm³/mol. The number of carbonyl (C=O) groups excluding carboxylic acids is 1. The highest BCUT2D eigenvalue weighted by Crippen LogP contribution is 2.44. The highest BCUT2D eigenvalue weighted by Gasteiger charge is 2.16. The average molecular weight is 347 g/mol. The van der Waals surface area contributed by atoms with Crippen molar-refractivity contribution in [3.8, 4) is 0 Å². The summed E-state index contributed by atoms with van der Waals surface area (Å²) in [4.78, 5) is 14.7. The molecule has 1 heterocycles. The number of hydrogen-bond acceptors (Lipinski definition) is 3. The van der Waals surface area contributed by atoms with Crippen LogP contribution in [0.2, 0.25) is 0 Å². The third-order valence-corrected chi connectivity index (χ3v) is 5.09. The largest absolute Gasteiger partial charge is 0.354 e. The molecule has 0 aliphatic carbocycles. The van der Waals surface area contributed by atoms with Gasteiger partial charge in [-0.05, 0) is 54.1 Å². The normalized spacial score (nSPS) is 12.4. The molecule has 3 aromatic rings. The Bertz CT molecular complexity index is 979. The van der Waals surface area contributed by atoms with Crippen LogP contribution in [0.1, 0.15) is 15.9 Å². The lowest BCUT2D eigenvalue weighted by molar-refractivity contribution is 0.104. The van der Waals surface area contributed by atoms with Crippen molar-refractivity contribution in [3.63, 3.8) is 0 Å². The third kappa shape index (κ3) is 3.35. The lowest BCUT2D eigenvalue weighted by atomic mass is 10.1. The summed E-state index contributed by atoms with van der Waals surface area (Å²) in [5, 5.41) is 3.38. The monoisotopic (exact) mass is 347 g/mol. The SMILES string of the molecule is O=C(/C=C/c1ccc(F)cc1)c1ccc2c(c1)Nc1ccccc1S2. The van der Waals surface area contributed by atoms with Gasteiger partial charge in [0.25, 0.3) is 0 Å². The quantitative estimate of drug-likeness (QED) is 0.368. The third-order valence-electron chi connectivity index (χ3n) is 3.94. The van der Waals surface area contributed by atoms with Gasteiger partial charge in [-0.25, -0.2) is 4.39 Å². The molecule has 3 aromatic carbocycles. The number of fused-ring (bicyclic) bond motifs is 2. The Morgan fingerprint density at radius 2 is 1.68 bits per heavy atom. The summed E-state index contributed by atoms with van der Waals surface area (Å²) in [6, 6.07) is 19.8. The molecule has 25 heavy (non-hydrogen) atoms. The molecular formula is C21H14FNOS. The number of carbonyl (C=O) groups is 1. The summed E-state index contributed by atoms with van der Waals surface area (Å²) < 4.78 is 12.9. The molecule has 122 valence electrons. The van der Waals surface area contributed by atoms with E-state index in [-0.39, 0.29) is 11.6 Å². The predicted octanol–water partition coefficient (Wildman–Crippen LogP) is 5.93. The number of allylic oxidation sites excluding steroid dienone is 1. The molecule has 0 radical (unpaired) electrons. The Morgan fingerprint density at radius 1 is 0.920 bits per heavy atom. The van der Waals surface area contributed by atoms with Gasteiger partial charge in [-0.15, -0.1) is 0 Å². The van der Waals surface area contributed by atoms with Gasteiger partial charge < -0.3 is 5.32 Å². The lowest BCUT2D eigenvalue weighted by Crippen LogP contribution is -2.02. The number of nitrogens with one attached hydrogen (secondary N) is 1. The molecule has 4 heteroatoms. The van der Waals surface area contributed by atoms with Crippen LogP contribution < -0.4 is 5.32 Å². The Morgan fingerprint density at radius 3 is 2.52 bits per heavy atom. The number of halogens is 1. The van der Waals surface area contributed by atoms with Crippen LogP contribution >= 0.6 is 11.8 Å². The van der Waals surface area contributed by atoms with E-state index in [1.807, 2.05) is 36.4 Å².